The third kappa shape index (κ3) is 2.85. The van der Waals surface area contributed by atoms with Crippen molar-refractivity contribution in [2.45, 2.75) is 20.0 Å². The Morgan fingerprint density at radius 1 is 1.26 bits per heavy atom. The Bertz CT molecular complexity index is 697. The summed E-state index contributed by atoms with van der Waals surface area (Å²) in [6.07, 6.45) is 1.60. The highest BCUT2D eigenvalue weighted by atomic mass is 32.1. The fraction of sp³-hybridized carbons (Fsp3) is 0.385. The van der Waals surface area contributed by atoms with Crippen molar-refractivity contribution in [3.63, 3.8) is 0 Å². The normalized spacial score (nSPS) is 10.9. The van der Waals surface area contributed by atoms with Gasteiger partial charge in [-0.1, -0.05) is 0 Å². The van der Waals surface area contributed by atoms with Crippen LogP contribution in [0.5, 0.6) is 0 Å². The molecule has 1 N–H and O–H groups in total. The Kier molecular flexibility index (Phi) is 4.01. The summed E-state index contributed by atoms with van der Waals surface area (Å²) >= 11 is 1.70. The molecule has 6 heteroatoms. The maximum atomic E-state index is 11.9. The summed E-state index contributed by atoms with van der Waals surface area (Å²) in [7, 11) is 3.15. The van der Waals surface area contributed by atoms with Crippen LogP contribution in [0, 0.1) is 6.92 Å². The summed E-state index contributed by atoms with van der Waals surface area (Å²) < 4.78 is 2.56. The molecular weight excluding hydrogens is 262 g/mol. The number of hydrogen-bond donors (Lipinski definition) is 1. The molecule has 0 aliphatic heterocycles. The van der Waals surface area contributed by atoms with Gasteiger partial charge in [0.1, 0.15) is 0 Å². The molecule has 0 amide bonds. The lowest BCUT2D eigenvalue weighted by molar-refractivity contribution is 0.632. The van der Waals surface area contributed by atoms with Crippen LogP contribution in [0.2, 0.25) is 0 Å². The fourth-order valence-corrected chi connectivity index (χ4v) is 2.78. The highest BCUT2D eigenvalue weighted by Gasteiger charge is 2.06. The number of nitrogens with zero attached hydrogens (tertiary/aromatic N) is 2. The second kappa shape index (κ2) is 5.54. The van der Waals surface area contributed by atoms with Crippen LogP contribution in [0.15, 0.2) is 27.2 Å². The highest BCUT2D eigenvalue weighted by Crippen LogP contribution is 2.14. The van der Waals surface area contributed by atoms with Crippen LogP contribution >= 0.6 is 11.3 Å². The smallest absolute Gasteiger partial charge is 0.308 e. The summed E-state index contributed by atoms with van der Waals surface area (Å²) in [5.41, 5.74) is 1.31. The molecular formula is C13H17N3O2S. The van der Waals surface area contributed by atoms with E-state index in [0.29, 0.717) is 12.1 Å². The zero-order chi connectivity index (χ0) is 14.0. The fourth-order valence-electron chi connectivity index (χ4n) is 1.90. The van der Waals surface area contributed by atoms with Gasteiger partial charge >= 0.3 is 5.69 Å². The third-order valence-corrected chi connectivity index (χ3v) is 4.11. The second-order valence-electron chi connectivity index (χ2n) is 4.54. The second-order valence-corrected chi connectivity index (χ2v) is 5.54. The molecule has 2 aromatic rings. The van der Waals surface area contributed by atoms with E-state index in [1.807, 2.05) is 0 Å². The van der Waals surface area contributed by atoms with Crippen molar-refractivity contribution < 1.29 is 0 Å². The molecule has 0 fully saturated rings. The van der Waals surface area contributed by atoms with Crippen molar-refractivity contribution >= 4 is 11.3 Å². The van der Waals surface area contributed by atoms with Crippen molar-refractivity contribution in [3.8, 4) is 0 Å². The van der Waals surface area contributed by atoms with Crippen LogP contribution in [-0.2, 0) is 27.2 Å². The first-order valence-electron chi connectivity index (χ1n) is 6.00. The third-order valence-electron chi connectivity index (χ3n) is 3.09. The van der Waals surface area contributed by atoms with E-state index >= 15 is 0 Å². The molecule has 0 aliphatic rings. The van der Waals surface area contributed by atoms with E-state index in [0.717, 1.165) is 11.1 Å². The Hall–Kier alpha value is -1.66. The first-order valence-corrected chi connectivity index (χ1v) is 6.88. The number of nitrogens with one attached hydrogen (secondary N) is 1. The van der Waals surface area contributed by atoms with Crippen LogP contribution in [0.25, 0.3) is 0 Å². The van der Waals surface area contributed by atoms with E-state index in [-0.39, 0.29) is 11.2 Å². The molecule has 0 unspecified atom stereocenters. The summed E-state index contributed by atoms with van der Waals surface area (Å²) in [5.74, 6) is 0. The van der Waals surface area contributed by atoms with Gasteiger partial charge in [0.15, 0.2) is 0 Å². The number of hydrogen-bond acceptors (Lipinski definition) is 4. The molecule has 5 nitrogen and oxygen atoms in total. The number of rotatable bonds is 4. The lowest BCUT2D eigenvalue weighted by atomic mass is 10.3. The number of aromatic nitrogens is 2. The lowest BCUT2D eigenvalue weighted by Gasteiger charge is -2.07. The van der Waals surface area contributed by atoms with Gasteiger partial charge in [0, 0.05) is 43.8 Å². The van der Waals surface area contributed by atoms with Gasteiger partial charge in [0.25, 0.3) is 5.56 Å². The van der Waals surface area contributed by atoms with E-state index < -0.39 is 0 Å². The summed E-state index contributed by atoms with van der Waals surface area (Å²) in [4.78, 5) is 24.7. The molecule has 0 aromatic carbocycles. The van der Waals surface area contributed by atoms with E-state index in [9.17, 15) is 9.59 Å². The molecule has 0 saturated heterocycles. The number of aryl methyl sites for hydroxylation is 2. The van der Waals surface area contributed by atoms with E-state index in [1.54, 1.807) is 24.6 Å². The topological polar surface area (TPSA) is 56.0 Å². The first-order chi connectivity index (χ1) is 9.00. The average molecular weight is 279 g/mol. The molecule has 0 spiro atoms. The van der Waals surface area contributed by atoms with Gasteiger partial charge < -0.3 is 9.88 Å². The van der Waals surface area contributed by atoms with Gasteiger partial charge in [-0.2, -0.15) is 0 Å². The Labute approximate surface area is 115 Å². The van der Waals surface area contributed by atoms with Gasteiger partial charge in [-0.15, -0.1) is 11.3 Å². The predicted molar refractivity (Wildman–Crippen MR) is 76.5 cm³/mol. The average Bonchev–Trinajstić information content (AvgIpc) is 2.79. The number of thiophene rings is 1. The van der Waals surface area contributed by atoms with Crippen molar-refractivity contribution in [3.05, 3.63) is 54.5 Å². The maximum Gasteiger partial charge on any atom is 0.330 e. The van der Waals surface area contributed by atoms with Crippen molar-refractivity contribution in [1.29, 1.82) is 0 Å². The SMILES string of the molecule is Cc1ccsc1CNCc1cn(C)c(=O)n(C)c1=O. The molecule has 0 radical (unpaired) electrons. The minimum atomic E-state index is -0.303. The summed E-state index contributed by atoms with van der Waals surface area (Å²) in [6, 6.07) is 2.08. The van der Waals surface area contributed by atoms with E-state index in [1.165, 1.54) is 22.1 Å². The van der Waals surface area contributed by atoms with Gasteiger partial charge in [-0.25, -0.2) is 4.79 Å². The zero-order valence-electron chi connectivity index (χ0n) is 11.3. The van der Waals surface area contributed by atoms with Crippen LogP contribution in [0.4, 0.5) is 0 Å². The quantitative estimate of drug-likeness (QED) is 0.898. The minimum Gasteiger partial charge on any atom is -0.308 e. The lowest BCUT2D eigenvalue weighted by Crippen LogP contribution is -2.39. The van der Waals surface area contributed by atoms with Crippen molar-refractivity contribution in [1.82, 2.24) is 14.5 Å². The Morgan fingerprint density at radius 3 is 2.63 bits per heavy atom. The van der Waals surface area contributed by atoms with E-state index in [4.69, 9.17) is 0 Å². The molecule has 0 bridgehead atoms. The van der Waals surface area contributed by atoms with Crippen LogP contribution in [-0.4, -0.2) is 9.13 Å². The largest absolute Gasteiger partial charge is 0.330 e. The minimum absolute atomic E-state index is 0.237. The van der Waals surface area contributed by atoms with Crippen molar-refractivity contribution in [2.75, 3.05) is 0 Å². The predicted octanol–water partition coefficient (Wildman–Crippen LogP) is 0.744. The standard InChI is InChI=1S/C13H17N3O2S/c1-9-4-5-19-11(9)7-14-6-10-8-15(2)13(18)16(3)12(10)17/h4-5,8,14H,6-7H2,1-3H3. The van der Waals surface area contributed by atoms with Gasteiger partial charge in [-0.05, 0) is 23.9 Å². The van der Waals surface area contributed by atoms with Crippen molar-refractivity contribution in [2.24, 2.45) is 14.1 Å². The van der Waals surface area contributed by atoms with Crippen LogP contribution in [0.1, 0.15) is 16.0 Å². The monoisotopic (exact) mass is 279 g/mol. The Balaban J connectivity index is 2.11. The van der Waals surface area contributed by atoms with Gasteiger partial charge in [0.05, 0.1) is 0 Å². The summed E-state index contributed by atoms with van der Waals surface area (Å²) in [5, 5.41) is 5.29. The molecule has 2 heterocycles. The van der Waals surface area contributed by atoms with Gasteiger partial charge in [0.2, 0.25) is 0 Å². The highest BCUT2D eigenvalue weighted by molar-refractivity contribution is 7.10. The van der Waals surface area contributed by atoms with Gasteiger partial charge in [-0.3, -0.25) is 9.36 Å². The molecule has 0 saturated carbocycles. The molecule has 19 heavy (non-hydrogen) atoms. The van der Waals surface area contributed by atoms with Crippen LogP contribution in [0.3, 0.4) is 0 Å². The summed E-state index contributed by atoms with van der Waals surface area (Å²) in [6.45, 7) is 3.26. The molecule has 102 valence electrons. The van der Waals surface area contributed by atoms with E-state index in [2.05, 4.69) is 23.7 Å². The first kappa shape index (κ1) is 13.8. The molecule has 2 aromatic heterocycles. The Morgan fingerprint density at radius 2 is 2.00 bits per heavy atom. The molecule has 0 aliphatic carbocycles. The maximum absolute atomic E-state index is 11.9. The zero-order valence-corrected chi connectivity index (χ0v) is 12.1. The molecule has 0 atom stereocenters. The van der Waals surface area contributed by atoms with Crippen LogP contribution < -0.4 is 16.6 Å². The molecule has 2 rings (SSSR count).